The first-order chi connectivity index (χ1) is 15.4. The van der Waals surface area contributed by atoms with Gasteiger partial charge in [0.25, 0.3) is 5.91 Å². The number of fused-ring (bicyclic) bond motifs is 1. The Hall–Kier alpha value is -4.03. The van der Waals surface area contributed by atoms with Crippen LogP contribution in [0.5, 0.6) is 0 Å². The van der Waals surface area contributed by atoms with Gasteiger partial charge >= 0.3 is 5.97 Å². The van der Waals surface area contributed by atoms with Crippen molar-refractivity contribution in [1.29, 1.82) is 0 Å². The number of benzene rings is 3. The number of aromatic nitrogens is 1. The fourth-order valence-electron chi connectivity index (χ4n) is 3.79. The zero-order valence-electron chi connectivity index (χ0n) is 17.7. The molecule has 6 heteroatoms. The third-order valence-electron chi connectivity index (χ3n) is 5.51. The number of rotatable bonds is 5. The van der Waals surface area contributed by atoms with Crippen molar-refractivity contribution < 1.29 is 19.8 Å². The van der Waals surface area contributed by atoms with E-state index in [0.717, 1.165) is 16.7 Å². The molecule has 32 heavy (non-hydrogen) atoms. The highest BCUT2D eigenvalue weighted by Crippen LogP contribution is 2.28. The predicted octanol–water partition coefficient (Wildman–Crippen LogP) is 4.96. The summed E-state index contributed by atoms with van der Waals surface area (Å²) in [6.07, 6.45) is 0. The highest BCUT2D eigenvalue weighted by atomic mass is 16.4. The molecule has 0 aliphatic heterocycles. The standard InChI is InChI=1S/C26H22N2O4/c1-15-10-11-19(26(31)32)16(2)24(15)28-25(30)21-13-23(18-7-5-6-17(12-18)14-29)27-22-9-4-3-8-20(21)22/h3-13,29H,14H2,1-2H3,(H,28,30)(H,31,32). The van der Waals surface area contributed by atoms with Gasteiger partial charge in [0.15, 0.2) is 0 Å². The Kier molecular flexibility index (Phi) is 5.71. The monoisotopic (exact) mass is 426 g/mol. The highest BCUT2D eigenvalue weighted by Gasteiger charge is 2.18. The van der Waals surface area contributed by atoms with E-state index in [2.05, 4.69) is 5.32 Å². The van der Waals surface area contributed by atoms with Gasteiger partial charge in [0.05, 0.1) is 28.9 Å². The molecule has 0 fully saturated rings. The largest absolute Gasteiger partial charge is 0.478 e. The van der Waals surface area contributed by atoms with Gasteiger partial charge in [0, 0.05) is 16.6 Å². The minimum Gasteiger partial charge on any atom is -0.478 e. The van der Waals surface area contributed by atoms with E-state index in [1.807, 2.05) is 55.5 Å². The molecule has 160 valence electrons. The van der Waals surface area contributed by atoms with Crippen LogP contribution in [0.4, 0.5) is 5.69 Å². The molecule has 3 N–H and O–H groups in total. The Labute approximate surface area is 185 Å². The first-order valence-electron chi connectivity index (χ1n) is 10.1. The van der Waals surface area contributed by atoms with Gasteiger partial charge in [-0.2, -0.15) is 0 Å². The quantitative estimate of drug-likeness (QED) is 0.419. The van der Waals surface area contributed by atoms with E-state index in [4.69, 9.17) is 4.98 Å². The summed E-state index contributed by atoms with van der Waals surface area (Å²) < 4.78 is 0. The van der Waals surface area contributed by atoms with Gasteiger partial charge in [-0.3, -0.25) is 4.79 Å². The first-order valence-corrected chi connectivity index (χ1v) is 10.1. The number of aliphatic hydroxyl groups excluding tert-OH is 1. The lowest BCUT2D eigenvalue weighted by Gasteiger charge is -2.15. The topological polar surface area (TPSA) is 99.5 Å². The van der Waals surface area contributed by atoms with Crippen molar-refractivity contribution in [3.05, 3.63) is 94.5 Å². The van der Waals surface area contributed by atoms with Gasteiger partial charge in [0.2, 0.25) is 0 Å². The number of hydrogen-bond donors (Lipinski definition) is 3. The smallest absolute Gasteiger partial charge is 0.336 e. The molecule has 6 nitrogen and oxygen atoms in total. The van der Waals surface area contributed by atoms with Crippen molar-refractivity contribution in [1.82, 2.24) is 4.98 Å². The fourth-order valence-corrected chi connectivity index (χ4v) is 3.79. The Morgan fingerprint density at radius 2 is 1.72 bits per heavy atom. The normalized spacial score (nSPS) is 10.8. The number of anilines is 1. The number of pyridine rings is 1. The molecule has 3 aromatic carbocycles. The zero-order valence-corrected chi connectivity index (χ0v) is 17.7. The van der Waals surface area contributed by atoms with E-state index in [1.165, 1.54) is 6.07 Å². The summed E-state index contributed by atoms with van der Waals surface area (Å²) in [7, 11) is 0. The molecule has 0 atom stereocenters. The maximum atomic E-state index is 13.4. The summed E-state index contributed by atoms with van der Waals surface area (Å²) in [5.41, 5.74) is 5.15. The summed E-state index contributed by atoms with van der Waals surface area (Å²) in [5.74, 6) is -1.39. The Morgan fingerprint density at radius 3 is 2.47 bits per heavy atom. The number of amides is 1. The lowest BCUT2D eigenvalue weighted by atomic mass is 10.0. The van der Waals surface area contributed by atoms with Crippen LogP contribution in [-0.2, 0) is 6.61 Å². The molecule has 0 saturated heterocycles. The van der Waals surface area contributed by atoms with Gasteiger partial charge in [-0.15, -0.1) is 0 Å². The van der Waals surface area contributed by atoms with Crippen LogP contribution in [0, 0.1) is 13.8 Å². The molecule has 4 rings (SSSR count). The van der Waals surface area contributed by atoms with Crippen molar-refractivity contribution >= 4 is 28.5 Å². The number of carboxylic acid groups (broad SMARTS) is 1. The number of aliphatic hydroxyl groups is 1. The molecule has 0 aliphatic carbocycles. The van der Waals surface area contributed by atoms with Crippen molar-refractivity contribution in [3.8, 4) is 11.3 Å². The van der Waals surface area contributed by atoms with Gasteiger partial charge in [0.1, 0.15) is 0 Å². The number of carbonyl (C=O) groups is 2. The summed E-state index contributed by atoms with van der Waals surface area (Å²) in [6, 6.07) is 19.7. The first kappa shape index (κ1) is 21.2. The zero-order chi connectivity index (χ0) is 22.8. The van der Waals surface area contributed by atoms with Gasteiger partial charge < -0.3 is 15.5 Å². The molecule has 0 unspecified atom stereocenters. The number of para-hydroxylation sites is 1. The van der Waals surface area contributed by atoms with Crippen LogP contribution in [0.3, 0.4) is 0 Å². The third kappa shape index (κ3) is 3.96. The fraction of sp³-hybridized carbons (Fsp3) is 0.115. The Balaban J connectivity index is 1.83. The number of carbonyl (C=O) groups excluding carboxylic acids is 1. The van der Waals surface area contributed by atoms with Crippen LogP contribution in [0.25, 0.3) is 22.2 Å². The number of nitrogens with zero attached hydrogens (tertiary/aromatic N) is 1. The van der Waals surface area contributed by atoms with Crippen LogP contribution in [0.2, 0.25) is 0 Å². The SMILES string of the molecule is Cc1ccc(C(=O)O)c(C)c1NC(=O)c1cc(-c2cccc(CO)c2)nc2ccccc12. The number of carboxylic acids is 1. The lowest BCUT2D eigenvalue weighted by Crippen LogP contribution is -2.16. The van der Waals surface area contributed by atoms with E-state index < -0.39 is 5.97 Å². The van der Waals surface area contributed by atoms with Crippen LogP contribution in [0.15, 0.2) is 66.7 Å². The average Bonchev–Trinajstić information content (AvgIpc) is 2.80. The number of nitrogens with one attached hydrogen (secondary N) is 1. The molecule has 0 saturated carbocycles. The van der Waals surface area contributed by atoms with Crippen molar-refractivity contribution in [2.45, 2.75) is 20.5 Å². The molecule has 0 aliphatic rings. The summed E-state index contributed by atoms with van der Waals surface area (Å²) in [5, 5.41) is 22.5. The minimum atomic E-state index is -1.04. The molecular weight excluding hydrogens is 404 g/mol. The van der Waals surface area contributed by atoms with E-state index in [-0.39, 0.29) is 18.1 Å². The second kappa shape index (κ2) is 8.61. The van der Waals surface area contributed by atoms with Crippen LogP contribution < -0.4 is 5.32 Å². The minimum absolute atomic E-state index is 0.0900. The Morgan fingerprint density at radius 1 is 0.938 bits per heavy atom. The highest BCUT2D eigenvalue weighted by molar-refractivity contribution is 6.14. The molecule has 1 aromatic heterocycles. The molecule has 1 amide bonds. The summed E-state index contributed by atoms with van der Waals surface area (Å²) in [4.78, 5) is 29.6. The summed E-state index contributed by atoms with van der Waals surface area (Å²) >= 11 is 0. The molecule has 1 heterocycles. The van der Waals surface area contributed by atoms with E-state index in [9.17, 15) is 19.8 Å². The molecule has 0 radical (unpaired) electrons. The van der Waals surface area contributed by atoms with Crippen LogP contribution in [-0.4, -0.2) is 27.1 Å². The van der Waals surface area contributed by atoms with Gasteiger partial charge in [-0.25, -0.2) is 9.78 Å². The van der Waals surface area contributed by atoms with Crippen molar-refractivity contribution in [2.24, 2.45) is 0 Å². The number of aromatic carboxylic acids is 1. The second-order valence-corrected chi connectivity index (χ2v) is 7.62. The molecule has 4 aromatic rings. The maximum Gasteiger partial charge on any atom is 0.336 e. The third-order valence-corrected chi connectivity index (χ3v) is 5.51. The van der Waals surface area contributed by atoms with Crippen LogP contribution >= 0.6 is 0 Å². The summed E-state index contributed by atoms with van der Waals surface area (Å²) in [6.45, 7) is 3.42. The Bertz CT molecular complexity index is 1360. The van der Waals surface area contributed by atoms with Crippen molar-refractivity contribution in [3.63, 3.8) is 0 Å². The van der Waals surface area contributed by atoms with Gasteiger partial charge in [-0.1, -0.05) is 42.5 Å². The van der Waals surface area contributed by atoms with E-state index >= 15 is 0 Å². The predicted molar refractivity (Wildman–Crippen MR) is 124 cm³/mol. The van der Waals surface area contributed by atoms with Gasteiger partial charge in [-0.05, 0) is 54.8 Å². The van der Waals surface area contributed by atoms with E-state index in [1.54, 1.807) is 19.1 Å². The van der Waals surface area contributed by atoms with Crippen LogP contribution in [0.1, 0.15) is 37.4 Å². The van der Waals surface area contributed by atoms with E-state index in [0.29, 0.717) is 33.4 Å². The average molecular weight is 426 g/mol. The molecule has 0 spiro atoms. The molecular formula is C26H22N2O4. The maximum absolute atomic E-state index is 13.4. The molecule has 0 bridgehead atoms. The number of hydrogen-bond acceptors (Lipinski definition) is 4. The lowest BCUT2D eigenvalue weighted by molar-refractivity contribution is 0.0695. The number of aryl methyl sites for hydroxylation is 1. The van der Waals surface area contributed by atoms with Crippen molar-refractivity contribution in [2.75, 3.05) is 5.32 Å². The second-order valence-electron chi connectivity index (χ2n) is 7.62.